The molecular weight excluding hydrogens is 206 g/mol. The molecule has 0 aromatic heterocycles. The molecule has 0 heterocycles. The maximum atomic E-state index is 3.56. The Balaban J connectivity index is 1.59. The molecule has 2 aromatic carbocycles. The summed E-state index contributed by atoms with van der Waals surface area (Å²) in [5, 5.41) is 6.27. The highest BCUT2D eigenvalue weighted by Crippen LogP contribution is 2.19. The molecule has 0 amide bonds. The number of benzene rings is 2. The summed E-state index contributed by atoms with van der Waals surface area (Å²) in [5.41, 5.74) is 1.46. The summed E-state index contributed by atoms with van der Waals surface area (Å²) in [6.07, 6.45) is 5.20. The quantitative estimate of drug-likeness (QED) is 0.768. The monoisotopic (exact) mass is 225 g/mol. The fraction of sp³-hybridized carbons (Fsp3) is 0.375. The molecule has 17 heavy (non-hydrogen) atoms. The molecule has 2 aromatic rings. The van der Waals surface area contributed by atoms with Crippen molar-refractivity contribution in [2.45, 2.75) is 31.7 Å². The lowest BCUT2D eigenvalue weighted by molar-refractivity contribution is 0.646. The Labute approximate surface area is 103 Å². The lowest BCUT2D eigenvalue weighted by Gasteiger charge is -2.05. The minimum Gasteiger partial charge on any atom is -0.314 e. The second-order valence-corrected chi connectivity index (χ2v) is 5.01. The predicted molar refractivity (Wildman–Crippen MR) is 73.3 cm³/mol. The van der Waals surface area contributed by atoms with E-state index < -0.39 is 0 Å². The van der Waals surface area contributed by atoms with E-state index in [4.69, 9.17) is 0 Å². The number of aryl methyl sites for hydroxylation is 1. The van der Waals surface area contributed by atoms with E-state index in [1.165, 1.54) is 42.0 Å². The predicted octanol–water partition coefficient (Wildman–Crippen LogP) is 3.52. The third-order valence-electron chi connectivity index (χ3n) is 3.47. The Morgan fingerprint density at radius 1 is 1.00 bits per heavy atom. The topological polar surface area (TPSA) is 12.0 Å². The van der Waals surface area contributed by atoms with Crippen molar-refractivity contribution in [1.82, 2.24) is 5.32 Å². The highest BCUT2D eigenvalue weighted by Gasteiger charge is 2.19. The van der Waals surface area contributed by atoms with Crippen LogP contribution in [0.3, 0.4) is 0 Å². The molecule has 0 saturated heterocycles. The van der Waals surface area contributed by atoms with Crippen LogP contribution >= 0.6 is 0 Å². The average Bonchev–Trinajstić information content (AvgIpc) is 3.18. The zero-order chi connectivity index (χ0) is 11.5. The summed E-state index contributed by atoms with van der Waals surface area (Å²) in [5.74, 6) is 0. The van der Waals surface area contributed by atoms with E-state index in [0.29, 0.717) is 0 Å². The summed E-state index contributed by atoms with van der Waals surface area (Å²) in [6.45, 7) is 1.16. The number of hydrogen-bond donors (Lipinski definition) is 1. The summed E-state index contributed by atoms with van der Waals surface area (Å²) in [4.78, 5) is 0. The van der Waals surface area contributed by atoms with Crippen LogP contribution < -0.4 is 5.32 Å². The zero-order valence-corrected chi connectivity index (χ0v) is 10.2. The molecule has 1 fully saturated rings. The normalized spacial score (nSPS) is 15.3. The van der Waals surface area contributed by atoms with Crippen LogP contribution in [-0.4, -0.2) is 12.6 Å². The molecule has 88 valence electrons. The van der Waals surface area contributed by atoms with E-state index >= 15 is 0 Å². The van der Waals surface area contributed by atoms with Gasteiger partial charge in [0.1, 0.15) is 0 Å². The van der Waals surface area contributed by atoms with Crippen molar-refractivity contribution in [3.05, 3.63) is 48.0 Å². The Kier molecular flexibility index (Phi) is 3.10. The lowest BCUT2D eigenvalue weighted by Crippen LogP contribution is -2.17. The van der Waals surface area contributed by atoms with E-state index in [9.17, 15) is 0 Å². The van der Waals surface area contributed by atoms with Crippen molar-refractivity contribution in [2.75, 3.05) is 6.54 Å². The fourth-order valence-electron chi connectivity index (χ4n) is 2.28. The van der Waals surface area contributed by atoms with Crippen molar-refractivity contribution in [1.29, 1.82) is 0 Å². The number of hydrogen-bond acceptors (Lipinski definition) is 1. The largest absolute Gasteiger partial charge is 0.314 e. The van der Waals surface area contributed by atoms with Crippen LogP contribution in [0.5, 0.6) is 0 Å². The van der Waals surface area contributed by atoms with Gasteiger partial charge in [0.25, 0.3) is 0 Å². The molecule has 1 saturated carbocycles. The van der Waals surface area contributed by atoms with Crippen LogP contribution in [0, 0.1) is 0 Å². The molecule has 0 aliphatic heterocycles. The zero-order valence-electron chi connectivity index (χ0n) is 10.2. The molecule has 3 rings (SSSR count). The van der Waals surface area contributed by atoms with Crippen molar-refractivity contribution in [3.8, 4) is 0 Å². The maximum absolute atomic E-state index is 3.56. The first-order chi connectivity index (χ1) is 8.42. The van der Waals surface area contributed by atoms with Gasteiger partial charge in [-0.2, -0.15) is 0 Å². The SMILES string of the molecule is c1ccc2cc(CCCNC3CC3)ccc2c1. The first-order valence-electron chi connectivity index (χ1n) is 6.63. The van der Waals surface area contributed by atoms with Crippen LogP contribution in [0.25, 0.3) is 10.8 Å². The van der Waals surface area contributed by atoms with Crippen LogP contribution in [0.15, 0.2) is 42.5 Å². The molecule has 0 spiro atoms. The third kappa shape index (κ3) is 2.86. The van der Waals surface area contributed by atoms with Crippen molar-refractivity contribution < 1.29 is 0 Å². The Morgan fingerprint density at radius 3 is 2.65 bits per heavy atom. The van der Waals surface area contributed by atoms with Gasteiger partial charge in [-0.3, -0.25) is 0 Å². The minimum absolute atomic E-state index is 0.839. The first kappa shape index (κ1) is 10.8. The van der Waals surface area contributed by atoms with E-state index in [1.807, 2.05) is 0 Å². The number of rotatable bonds is 5. The van der Waals surface area contributed by atoms with Gasteiger partial charge < -0.3 is 5.32 Å². The van der Waals surface area contributed by atoms with Crippen molar-refractivity contribution in [3.63, 3.8) is 0 Å². The number of fused-ring (bicyclic) bond motifs is 1. The molecule has 1 nitrogen and oxygen atoms in total. The smallest absolute Gasteiger partial charge is 0.00682 e. The van der Waals surface area contributed by atoms with Gasteiger partial charge in [-0.15, -0.1) is 0 Å². The van der Waals surface area contributed by atoms with E-state index in [1.54, 1.807) is 0 Å². The number of nitrogens with one attached hydrogen (secondary N) is 1. The molecule has 1 aliphatic rings. The summed E-state index contributed by atoms with van der Waals surface area (Å²) < 4.78 is 0. The highest BCUT2D eigenvalue weighted by atomic mass is 14.9. The standard InChI is InChI=1S/C16H19N/c1-2-6-15-12-13(7-8-14(15)5-1)4-3-11-17-16-9-10-16/h1-2,5-8,12,16-17H,3-4,9-11H2. The maximum Gasteiger partial charge on any atom is 0.00682 e. The van der Waals surface area contributed by atoms with E-state index in [-0.39, 0.29) is 0 Å². The van der Waals surface area contributed by atoms with Crippen LogP contribution in [-0.2, 0) is 6.42 Å². The van der Waals surface area contributed by atoms with E-state index in [0.717, 1.165) is 12.6 Å². The Hall–Kier alpha value is -1.34. The average molecular weight is 225 g/mol. The van der Waals surface area contributed by atoms with E-state index in [2.05, 4.69) is 47.8 Å². The third-order valence-corrected chi connectivity index (χ3v) is 3.47. The summed E-state index contributed by atoms with van der Waals surface area (Å²) in [7, 11) is 0. The van der Waals surface area contributed by atoms with Gasteiger partial charge >= 0.3 is 0 Å². The Bertz CT molecular complexity index is 500. The summed E-state index contributed by atoms with van der Waals surface area (Å²) >= 11 is 0. The van der Waals surface area contributed by atoms with Gasteiger partial charge in [-0.1, -0.05) is 42.5 Å². The van der Waals surface area contributed by atoms with Gasteiger partial charge in [-0.25, -0.2) is 0 Å². The fourth-order valence-corrected chi connectivity index (χ4v) is 2.28. The van der Waals surface area contributed by atoms with Crippen LogP contribution in [0.1, 0.15) is 24.8 Å². The second kappa shape index (κ2) is 4.89. The molecule has 1 heteroatoms. The molecule has 1 aliphatic carbocycles. The minimum atomic E-state index is 0.839. The molecule has 0 atom stereocenters. The molecule has 0 radical (unpaired) electrons. The second-order valence-electron chi connectivity index (χ2n) is 5.01. The van der Waals surface area contributed by atoms with Gasteiger partial charge in [0.2, 0.25) is 0 Å². The molecular formula is C16H19N. The van der Waals surface area contributed by atoms with Gasteiger partial charge in [0.05, 0.1) is 0 Å². The Morgan fingerprint density at radius 2 is 1.82 bits per heavy atom. The van der Waals surface area contributed by atoms with Crippen molar-refractivity contribution in [2.24, 2.45) is 0 Å². The lowest BCUT2D eigenvalue weighted by atomic mass is 10.0. The van der Waals surface area contributed by atoms with Gasteiger partial charge in [-0.05, 0) is 48.6 Å². The van der Waals surface area contributed by atoms with Crippen molar-refractivity contribution >= 4 is 10.8 Å². The van der Waals surface area contributed by atoms with Gasteiger partial charge in [0.15, 0.2) is 0 Å². The van der Waals surface area contributed by atoms with Gasteiger partial charge in [0, 0.05) is 6.04 Å². The highest BCUT2D eigenvalue weighted by molar-refractivity contribution is 5.82. The van der Waals surface area contributed by atoms with Crippen LogP contribution in [0.2, 0.25) is 0 Å². The first-order valence-corrected chi connectivity index (χ1v) is 6.63. The van der Waals surface area contributed by atoms with Crippen LogP contribution in [0.4, 0.5) is 0 Å². The summed E-state index contributed by atoms with van der Waals surface area (Å²) in [6, 6.07) is 16.2. The molecule has 1 N–H and O–H groups in total. The molecule has 0 unspecified atom stereocenters. The molecule has 0 bridgehead atoms.